The molecule has 0 fully saturated rings. The zero-order valence-electron chi connectivity index (χ0n) is 16.5. The van der Waals surface area contributed by atoms with Crippen LogP contribution in [0.5, 0.6) is 11.5 Å². The highest BCUT2D eigenvalue weighted by Gasteiger charge is 2.21. The molecule has 166 valence electrons. The fraction of sp³-hybridized carbons (Fsp3) is 0.0500. The van der Waals surface area contributed by atoms with Crippen molar-refractivity contribution in [2.75, 3.05) is 17.3 Å². The molecule has 0 saturated carbocycles. The number of benzene rings is 3. The first-order valence-electron chi connectivity index (χ1n) is 8.92. The van der Waals surface area contributed by atoms with E-state index in [4.69, 9.17) is 16.3 Å². The number of phenols is 1. The summed E-state index contributed by atoms with van der Waals surface area (Å²) in [6, 6.07) is 13.8. The number of phenolic OH excluding ortho intramolecular Hbond substituents is 1. The summed E-state index contributed by atoms with van der Waals surface area (Å²) in [7, 11) is -2.68. The average Bonchev–Trinajstić information content (AvgIpc) is 2.76. The van der Waals surface area contributed by atoms with Gasteiger partial charge in [-0.1, -0.05) is 11.6 Å². The molecular formula is C20H17ClN4O6S. The predicted octanol–water partition coefficient (Wildman–Crippen LogP) is 4.21. The maximum absolute atomic E-state index is 12.6. The zero-order valence-corrected chi connectivity index (χ0v) is 18.1. The molecule has 0 bridgehead atoms. The van der Waals surface area contributed by atoms with E-state index in [0.717, 1.165) is 6.07 Å². The van der Waals surface area contributed by atoms with E-state index in [9.17, 15) is 23.6 Å². The van der Waals surface area contributed by atoms with Crippen molar-refractivity contribution in [3.8, 4) is 11.5 Å². The SMILES string of the molecule is COc1cc(/C=N/Nc2ccc(S(=O)(=O)Nc3ccc(Cl)cc3)cc2[N+](=O)[O-])ccc1O. The molecule has 0 saturated heterocycles. The molecule has 3 N–H and O–H groups in total. The van der Waals surface area contributed by atoms with Crippen molar-refractivity contribution in [3.05, 3.63) is 81.4 Å². The Hall–Kier alpha value is -3.83. The Labute approximate surface area is 188 Å². The quantitative estimate of drug-likeness (QED) is 0.251. The fourth-order valence-corrected chi connectivity index (χ4v) is 3.81. The van der Waals surface area contributed by atoms with Gasteiger partial charge in [-0.3, -0.25) is 20.3 Å². The Morgan fingerprint density at radius 1 is 1.12 bits per heavy atom. The normalized spacial score (nSPS) is 11.3. The van der Waals surface area contributed by atoms with Gasteiger partial charge in [0, 0.05) is 16.8 Å². The first-order chi connectivity index (χ1) is 15.2. The summed E-state index contributed by atoms with van der Waals surface area (Å²) >= 11 is 5.79. The third-order valence-corrected chi connectivity index (χ3v) is 5.81. The van der Waals surface area contributed by atoms with Crippen LogP contribution in [0.3, 0.4) is 0 Å². The fourth-order valence-electron chi connectivity index (χ4n) is 2.61. The number of rotatable bonds is 8. The molecule has 3 rings (SSSR count). The van der Waals surface area contributed by atoms with Gasteiger partial charge in [-0.05, 0) is 60.2 Å². The van der Waals surface area contributed by atoms with Crippen molar-refractivity contribution in [1.82, 2.24) is 0 Å². The number of hydrogen-bond donors (Lipinski definition) is 3. The lowest BCUT2D eigenvalue weighted by atomic mass is 10.2. The number of hydrogen-bond acceptors (Lipinski definition) is 8. The highest BCUT2D eigenvalue weighted by Crippen LogP contribution is 2.29. The van der Waals surface area contributed by atoms with Gasteiger partial charge in [-0.2, -0.15) is 5.10 Å². The van der Waals surface area contributed by atoms with Crippen molar-refractivity contribution in [2.24, 2.45) is 5.10 Å². The second-order valence-corrected chi connectivity index (χ2v) is 8.47. The smallest absolute Gasteiger partial charge is 0.295 e. The van der Waals surface area contributed by atoms with Gasteiger partial charge >= 0.3 is 0 Å². The van der Waals surface area contributed by atoms with E-state index in [1.807, 2.05) is 0 Å². The van der Waals surface area contributed by atoms with Crippen LogP contribution in [-0.4, -0.2) is 31.8 Å². The van der Waals surface area contributed by atoms with Crippen molar-refractivity contribution in [1.29, 1.82) is 0 Å². The Balaban J connectivity index is 1.82. The van der Waals surface area contributed by atoms with Crippen molar-refractivity contribution in [2.45, 2.75) is 4.90 Å². The van der Waals surface area contributed by atoms with Crippen LogP contribution >= 0.6 is 11.6 Å². The monoisotopic (exact) mass is 476 g/mol. The number of nitrogens with zero attached hydrogens (tertiary/aromatic N) is 2. The molecule has 0 aromatic heterocycles. The lowest BCUT2D eigenvalue weighted by molar-refractivity contribution is -0.384. The summed E-state index contributed by atoms with van der Waals surface area (Å²) in [5.74, 6) is 0.194. The number of anilines is 2. The topological polar surface area (TPSA) is 143 Å². The molecule has 0 aliphatic rings. The average molecular weight is 477 g/mol. The molecular weight excluding hydrogens is 460 g/mol. The van der Waals surface area contributed by atoms with Crippen molar-refractivity contribution < 1.29 is 23.2 Å². The highest BCUT2D eigenvalue weighted by molar-refractivity contribution is 7.92. The van der Waals surface area contributed by atoms with Gasteiger partial charge in [0.15, 0.2) is 11.5 Å². The largest absolute Gasteiger partial charge is 0.504 e. The van der Waals surface area contributed by atoms with Gasteiger partial charge in [0.25, 0.3) is 15.7 Å². The van der Waals surface area contributed by atoms with E-state index in [0.29, 0.717) is 10.6 Å². The van der Waals surface area contributed by atoms with Crippen LogP contribution in [0.1, 0.15) is 5.56 Å². The van der Waals surface area contributed by atoms with E-state index in [1.54, 1.807) is 6.07 Å². The van der Waals surface area contributed by atoms with Gasteiger partial charge in [-0.25, -0.2) is 8.42 Å². The van der Waals surface area contributed by atoms with Crippen LogP contribution in [0.25, 0.3) is 0 Å². The standard InChI is InChI=1S/C20H17ClN4O6S/c1-31-20-10-13(2-9-19(20)26)12-22-23-17-8-7-16(11-18(17)25(27)28)32(29,30)24-15-5-3-14(21)4-6-15/h2-12,23-24,26H,1H3/b22-12+. The Kier molecular flexibility index (Phi) is 6.81. The first kappa shape index (κ1) is 22.8. The van der Waals surface area contributed by atoms with E-state index < -0.39 is 20.6 Å². The van der Waals surface area contributed by atoms with Gasteiger partial charge < -0.3 is 9.84 Å². The number of halogens is 1. The van der Waals surface area contributed by atoms with Gasteiger partial charge in [0.2, 0.25) is 0 Å². The molecule has 3 aromatic rings. The number of nitro groups is 1. The summed E-state index contributed by atoms with van der Waals surface area (Å²) in [6.07, 6.45) is 1.36. The van der Waals surface area contributed by atoms with Gasteiger partial charge in [0.1, 0.15) is 5.69 Å². The molecule has 0 aliphatic carbocycles. The number of ether oxygens (including phenoxy) is 1. The molecule has 0 spiro atoms. The lowest BCUT2D eigenvalue weighted by Crippen LogP contribution is -2.13. The summed E-state index contributed by atoms with van der Waals surface area (Å²) in [4.78, 5) is 10.5. The predicted molar refractivity (Wildman–Crippen MR) is 121 cm³/mol. The molecule has 32 heavy (non-hydrogen) atoms. The van der Waals surface area contributed by atoms with Crippen molar-refractivity contribution in [3.63, 3.8) is 0 Å². The Morgan fingerprint density at radius 3 is 2.50 bits per heavy atom. The summed E-state index contributed by atoms with van der Waals surface area (Å²) in [5.41, 5.74) is 2.84. The van der Waals surface area contributed by atoms with Crippen LogP contribution in [-0.2, 0) is 10.0 Å². The van der Waals surface area contributed by atoms with E-state index in [1.165, 1.54) is 61.9 Å². The van der Waals surface area contributed by atoms with E-state index >= 15 is 0 Å². The Bertz CT molecular complexity index is 1280. The van der Waals surface area contributed by atoms with Crippen LogP contribution in [0.2, 0.25) is 5.02 Å². The number of aromatic hydroxyl groups is 1. The molecule has 3 aromatic carbocycles. The number of hydrazone groups is 1. The van der Waals surface area contributed by atoms with Crippen LogP contribution in [0, 0.1) is 10.1 Å². The number of methoxy groups -OCH3 is 1. The van der Waals surface area contributed by atoms with Crippen LogP contribution < -0.4 is 14.9 Å². The minimum absolute atomic E-state index is 0.0116. The third kappa shape index (κ3) is 5.45. The summed E-state index contributed by atoms with van der Waals surface area (Å²) in [6.45, 7) is 0. The molecule has 12 heteroatoms. The lowest BCUT2D eigenvalue weighted by Gasteiger charge is -2.09. The molecule has 0 amide bonds. The molecule has 0 atom stereocenters. The first-order valence-corrected chi connectivity index (χ1v) is 10.8. The minimum atomic E-state index is -4.08. The van der Waals surface area contributed by atoms with E-state index in [2.05, 4.69) is 15.2 Å². The molecule has 0 heterocycles. The molecule has 0 unspecified atom stereocenters. The summed E-state index contributed by atoms with van der Waals surface area (Å²) < 4.78 is 32.6. The second kappa shape index (κ2) is 9.54. The van der Waals surface area contributed by atoms with Crippen LogP contribution in [0.15, 0.2) is 70.7 Å². The molecule has 0 aliphatic heterocycles. The highest BCUT2D eigenvalue weighted by atomic mass is 35.5. The van der Waals surface area contributed by atoms with Gasteiger partial charge in [0.05, 0.1) is 23.1 Å². The van der Waals surface area contributed by atoms with Crippen molar-refractivity contribution >= 4 is 44.9 Å². The minimum Gasteiger partial charge on any atom is -0.504 e. The summed E-state index contributed by atoms with van der Waals surface area (Å²) in [5, 5.41) is 25.5. The maximum atomic E-state index is 12.6. The van der Waals surface area contributed by atoms with Gasteiger partial charge in [-0.15, -0.1) is 0 Å². The molecule has 0 radical (unpaired) electrons. The zero-order chi connectivity index (χ0) is 23.3. The van der Waals surface area contributed by atoms with Crippen LogP contribution in [0.4, 0.5) is 17.1 Å². The molecule has 10 nitrogen and oxygen atoms in total. The third-order valence-electron chi connectivity index (χ3n) is 4.18. The number of nitrogens with one attached hydrogen (secondary N) is 2. The van der Waals surface area contributed by atoms with E-state index in [-0.39, 0.29) is 27.8 Å². The number of sulfonamides is 1. The second-order valence-electron chi connectivity index (χ2n) is 6.35. The Morgan fingerprint density at radius 2 is 1.84 bits per heavy atom. The maximum Gasteiger partial charge on any atom is 0.295 e. The number of nitro benzene ring substituents is 1.